The van der Waals surface area contributed by atoms with Crippen LogP contribution in [-0.4, -0.2) is 11.7 Å². The molecule has 0 aliphatic carbocycles. The molecule has 4 heteroatoms. The first-order valence-electron chi connectivity index (χ1n) is 4.75. The minimum absolute atomic E-state index is 0.599. The molecule has 1 aromatic carbocycles. The van der Waals surface area contributed by atoms with Gasteiger partial charge in [0.1, 0.15) is 11.9 Å². The van der Waals surface area contributed by atoms with Gasteiger partial charge in [0, 0.05) is 0 Å². The maximum Gasteiger partial charge on any atom is 0.186 e. The molecule has 0 spiro atoms. The zero-order chi connectivity index (χ0) is 10.5. The molecule has 0 fully saturated rings. The van der Waals surface area contributed by atoms with E-state index in [-0.39, 0.29) is 0 Å². The maximum atomic E-state index is 5.46. The molecule has 15 heavy (non-hydrogen) atoms. The molecule has 1 aromatic heterocycles. The minimum Gasteiger partial charge on any atom is -0.452 e. The molecule has 1 heterocycles. The summed E-state index contributed by atoms with van der Waals surface area (Å²) >= 11 is 0. The standard InChI is InChI=1S/C11H12N2O2/c12-6-5-9-1-3-10(4-2-9)15-11-7-13-14-8-11/h1-4,7-8H,5-6,12H2. The summed E-state index contributed by atoms with van der Waals surface area (Å²) in [5.41, 5.74) is 6.66. The predicted octanol–water partition coefficient (Wildman–Crippen LogP) is 1.97. The fourth-order valence-electron chi connectivity index (χ4n) is 1.27. The van der Waals surface area contributed by atoms with Gasteiger partial charge in [0.15, 0.2) is 12.0 Å². The first-order valence-corrected chi connectivity index (χ1v) is 4.75. The lowest BCUT2D eigenvalue weighted by atomic mass is 10.1. The second-order valence-corrected chi connectivity index (χ2v) is 3.14. The van der Waals surface area contributed by atoms with E-state index in [0.29, 0.717) is 12.3 Å². The molecule has 0 saturated heterocycles. The summed E-state index contributed by atoms with van der Waals surface area (Å²) in [4.78, 5) is 0. The van der Waals surface area contributed by atoms with Crippen LogP contribution in [0.15, 0.2) is 41.2 Å². The molecule has 0 aliphatic heterocycles. The number of hydrogen-bond acceptors (Lipinski definition) is 4. The monoisotopic (exact) mass is 204 g/mol. The van der Waals surface area contributed by atoms with Crippen molar-refractivity contribution in [1.29, 1.82) is 0 Å². The maximum absolute atomic E-state index is 5.46. The largest absolute Gasteiger partial charge is 0.452 e. The van der Waals surface area contributed by atoms with Crippen LogP contribution < -0.4 is 10.5 Å². The summed E-state index contributed by atoms with van der Waals surface area (Å²) in [6.07, 6.45) is 3.86. The van der Waals surface area contributed by atoms with Gasteiger partial charge in [0.05, 0.1) is 0 Å². The second-order valence-electron chi connectivity index (χ2n) is 3.14. The van der Waals surface area contributed by atoms with E-state index >= 15 is 0 Å². The van der Waals surface area contributed by atoms with Gasteiger partial charge in [0.25, 0.3) is 0 Å². The van der Waals surface area contributed by atoms with Crippen molar-refractivity contribution in [2.45, 2.75) is 6.42 Å². The molecule has 2 rings (SSSR count). The molecular weight excluding hydrogens is 192 g/mol. The number of nitrogens with zero attached hydrogens (tertiary/aromatic N) is 1. The summed E-state index contributed by atoms with van der Waals surface area (Å²) < 4.78 is 10.1. The highest BCUT2D eigenvalue weighted by Gasteiger charge is 1.99. The molecule has 0 bridgehead atoms. The lowest BCUT2D eigenvalue weighted by Gasteiger charge is -2.03. The normalized spacial score (nSPS) is 10.2. The minimum atomic E-state index is 0.599. The molecule has 0 saturated carbocycles. The number of rotatable bonds is 4. The highest BCUT2D eigenvalue weighted by Crippen LogP contribution is 2.20. The van der Waals surface area contributed by atoms with Gasteiger partial charge in [-0.3, -0.25) is 0 Å². The van der Waals surface area contributed by atoms with Gasteiger partial charge in [-0.15, -0.1) is 0 Å². The number of aromatic nitrogens is 1. The summed E-state index contributed by atoms with van der Waals surface area (Å²) in [6, 6.07) is 7.79. The van der Waals surface area contributed by atoms with Crippen molar-refractivity contribution >= 4 is 0 Å². The third-order valence-electron chi connectivity index (χ3n) is 2.00. The van der Waals surface area contributed by atoms with Crippen molar-refractivity contribution in [3.63, 3.8) is 0 Å². The average Bonchev–Trinajstić information content (AvgIpc) is 2.74. The third-order valence-corrected chi connectivity index (χ3v) is 2.00. The topological polar surface area (TPSA) is 61.3 Å². The van der Waals surface area contributed by atoms with Gasteiger partial charge in [-0.05, 0) is 30.7 Å². The van der Waals surface area contributed by atoms with Gasteiger partial charge < -0.3 is 15.0 Å². The first kappa shape index (κ1) is 9.73. The molecular formula is C11H12N2O2. The van der Waals surface area contributed by atoms with Crippen molar-refractivity contribution in [2.75, 3.05) is 6.54 Å². The van der Waals surface area contributed by atoms with E-state index in [2.05, 4.69) is 9.68 Å². The molecule has 4 nitrogen and oxygen atoms in total. The van der Waals surface area contributed by atoms with Crippen LogP contribution in [0.1, 0.15) is 5.56 Å². The van der Waals surface area contributed by atoms with Crippen molar-refractivity contribution in [3.8, 4) is 11.5 Å². The molecule has 78 valence electrons. The van der Waals surface area contributed by atoms with E-state index in [1.807, 2.05) is 24.3 Å². The Morgan fingerprint density at radius 2 is 2.00 bits per heavy atom. The van der Waals surface area contributed by atoms with E-state index < -0.39 is 0 Å². The highest BCUT2D eigenvalue weighted by atomic mass is 16.5. The van der Waals surface area contributed by atoms with Crippen LogP contribution in [0.4, 0.5) is 0 Å². The Morgan fingerprint density at radius 3 is 2.60 bits per heavy atom. The lowest BCUT2D eigenvalue weighted by molar-refractivity contribution is 0.410. The molecule has 0 radical (unpaired) electrons. The summed E-state index contributed by atoms with van der Waals surface area (Å²) in [5.74, 6) is 1.36. The highest BCUT2D eigenvalue weighted by molar-refractivity contribution is 5.30. The summed E-state index contributed by atoms with van der Waals surface area (Å²) in [5, 5.41) is 3.55. The Bertz CT molecular complexity index is 395. The van der Waals surface area contributed by atoms with Crippen molar-refractivity contribution < 1.29 is 9.26 Å². The van der Waals surface area contributed by atoms with Gasteiger partial charge in [-0.2, -0.15) is 0 Å². The smallest absolute Gasteiger partial charge is 0.186 e. The molecule has 0 atom stereocenters. The van der Waals surface area contributed by atoms with Crippen LogP contribution in [0.25, 0.3) is 0 Å². The first-order chi connectivity index (χ1) is 7.38. The predicted molar refractivity (Wildman–Crippen MR) is 55.8 cm³/mol. The summed E-state index contributed by atoms with van der Waals surface area (Å²) in [6.45, 7) is 0.659. The Hall–Kier alpha value is -1.81. The number of ether oxygens (including phenoxy) is 1. The third kappa shape index (κ3) is 2.57. The van der Waals surface area contributed by atoms with Crippen LogP contribution in [-0.2, 0) is 6.42 Å². The Balaban J connectivity index is 2.04. The average molecular weight is 204 g/mol. The fourth-order valence-corrected chi connectivity index (χ4v) is 1.27. The van der Waals surface area contributed by atoms with Gasteiger partial charge in [0.2, 0.25) is 0 Å². The van der Waals surface area contributed by atoms with Gasteiger partial charge in [-0.1, -0.05) is 17.3 Å². The SMILES string of the molecule is NCCc1ccc(Oc2cnoc2)cc1. The fraction of sp³-hybridized carbons (Fsp3) is 0.182. The van der Waals surface area contributed by atoms with Crippen LogP contribution in [0, 0.1) is 0 Å². The van der Waals surface area contributed by atoms with Gasteiger partial charge >= 0.3 is 0 Å². The Morgan fingerprint density at radius 1 is 1.20 bits per heavy atom. The van der Waals surface area contributed by atoms with Crippen LogP contribution in [0.3, 0.4) is 0 Å². The van der Waals surface area contributed by atoms with Crippen LogP contribution in [0.2, 0.25) is 0 Å². The molecule has 2 aromatic rings. The Kier molecular flexibility index (Phi) is 2.99. The van der Waals surface area contributed by atoms with Crippen molar-refractivity contribution in [3.05, 3.63) is 42.3 Å². The van der Waals surface area contributed by atoms with E-state index in [1.165, 1.54) is 18.0 Å². The van der Waals surface area contributed by atoms with E-state index in [9.17, 15) is 0 Å². The lowest BCUT2D eigenvalue weighted by Crippen LogP contribution is -2.02. The molecule has 0 unspecified atom stereocenters. The molecule has 0 aliphatic rings. The van der Waals surface area contributed by atoms with E-state index in [0.717, 1.165) is 12.2 Å². The van der Waals surface area contributed by atoms with Crippen molar-refractivity contribution in [1.82, 2.24) is 5.16 Å². The van der Waals surface area contributed by atoms with Crippen LogP contribution >= 0.6 is 0 Å². The second kappa shape index (κ2) is 4.61. The van der Waals surface area contributed by atoms with E-state index in [1.54, 1.807) is 0 Å². The molecule has 2 N–H and O–H groups in total. The number of hydrogen-bond donors (Lipinski definition) is 1. The zero-order valence-corrected chi connectivity index (χ0v) is 8.22. The number of benzene rings is 1. The quantitative estimate of drug-likeness (QED) is 0.827. The zero-order valence-electron chi connectivity index (χ0n) is 8.22. The van der Waals surface area contributed by atoms with Crippen molar-refractivity contribution in [2.24, 2.45) is 5.73 Å². The van der Waals surface area contributed by atoms with Gasteiger partial charge in [-0.25, -0.2) is 0 Å². The number of nitrogens with two attached hydrogens (primary N) is 1. The Labute approximate surface area is 87.6 Å². The van der Waals surface area contributed by atoms with E-state index in [4.69, 9.17) is 10.5 Å². The summed E-state index contributed by atoms with van der Waals surface area (Å²) in [7, 11) is 0. The molecule has 0 amide bonds. The van der Waals surface area contributed by atoms with Crippen LogP contribution in [0.5, 0.6) is 11.5 Å².